The zero-order valence-corrected chi connectivity index (χ0v) is 11.9. The van der Waals surface area contributed by atoms with E-state index in [1.165, 1.54) is 13.2 Å². The number of nitrogens with zero attached hydrogens (tertiary/aromatic N) is 3. The maximum atomic E-state index is 12.4. The average Bonchev–Trinajstić information content (AvgIpc) is 2.90. The largest absolute Gasteiger partial charge is 0.393 e. The molecule has 21 heavy (non-hydrogen) atoms. The topological polar surface area (TPSA) is 135 Å². The second-order valence-corrected chi connectivity index (χ2v) is 6.39. The Kier molecular flexibility index (Phi) is 3.91. The summed E-state index contributed by atoms with van der Waals surface area (Å²) in [5.74, 6) is 0. The summed E-state index contributed by atoms with van der Waals surface area (Å²) < 4.78 is 25.8. The van der Waals surface area contributed by atoms with Gasteiger partial charge in [0.05, 0.1) is 16.0 Å². The number of aromatic amines is 1. The molecule has 0 amide bonds. The Hall–Kier alpha value is -2.46. The number of aromatic nitrogens is 2. The normalized spacial score (nSPS) is 11.7. The molecular formula is C11H13N5O4S. The highest BCUT2D eigenvalue weighted by molar-refractivity contribution is 7.89. The number of hydrogen-bond acceptors (Lipinski definition) is 6. The SMILES string of the molecule is CN(Cc1cn[nH]c1)S(=O)(=O)c1ccc([N+](=O)[O-])c(N)c1. The highest BCUT2D eigenvalue weighted by Crippen LogP contribution is 2.26. The molecule has 1 aromatic heterocycles. The number of nitro benzene ring substituents is 1. The van der Waals surface area contributed by atoms with Crippen LogP contribution in [0.25, 0.3) is 0 Å². The van der Waals surface area contributed by atoms with Crippen molar-refractivity contribution < 1.29 is 13.3 Å². The molecule has 0 bridgehead atoms. The summed E-state index contributed by atoms with van der Waals surface area (Å²) in [6.07, 6.45) is 3.09. The van der Waals surface area contributed by atoms with E-state index >= 15 is 0 Å². The molecule has 0 fully saturated rings. The molecular weight excluding hydrogens is 298 g/mol. The Morgan fingerprint density at radius 2 is 2.19 bits per heavy atom. The number of hydrogen-bond donors (Lipinski definition) is 2. The van der Waals surface area contributed by atoms with Crippen molar-refractivity contribution in [2.24, 2.45) is 0 Å². The molecule has 2 aromatic rings. The lowest BCUT2D eigenvalue weighted by Crippen LogP contribution is -2.26. The second-order valence-electron chi connectivity index (χ2n) is 4.35. The van der Waals surface area contributed by atoms with Gasteiger partial charge in [0.1, 0.15) is 5.69 Å². The molecule has 112 valence electrons. The fraction of sp³-hybridized carbons (Fsp3) is 0.182. The Morgan fingerprint density at radius 3 is 2.71 bits per heavy atom. The van der Waals surface area contributed by atoms with E-state index in [0.717, 1.165) is 22.5 Å². The lowest BCUT2D eigenvalue weighted by atomic mass is 10.3. The first-order valence-corrected chi connectivity index (χ1v) is 7.24. The molecule has 9 nitrogen and oxygen atoms in total. The first-order valence-electron chi connectivity index (χ1n) is 5.80. The van der Waals surface area contributed by atoms with Crippen molar-refractivity contribution in [1.82, 2.24) is 14.5 Å². The number of sulfonamides is 1. The van der Waals surface area contributed by atoms with Crippen molar-refractivity contribution in [3.05, 3.63) is 46.3 Å². The Bertz CT molecular complexity index is 757. The lowest BCUT2D eigenvalue weighted by molar-refractivity contribution is -0.383. The van der Waals surface area contributed by atoms with Crippen LogP contribution in [0.2, 0.25) is 0 Å². The van der Waals surface area contributed by atoms with Gasteiger partial charge in [0.2, 0.25) is 10.0 Å². The number of rotatable bonds is 5. The number of nitrogen functional groups attached to an aromatic ring is 1. The fourth-order valence-corrected chi connectivity index (χ4v) is 2.94. The van der Waals surface area contributed by atoms with Gasteiger partial charge in [0, 0.05) is 31.4 Å². The molecule has 0 spiro atoms. The van der Waals surface area contributed by atoms with E-state index in [2.05, 4.69) is 10.2 Å². The van der Waals surface area contributed by atoms with Gasteiger partial charge in [-0.05, 0) is 12.1 Å². The molecule has 0 radical (unpaired) electrons. The molecule has 10 heteroatoms. The molecule has 1 aromatic carbocycles. The molecule has 0 atom stereocenters. The standard InChI is InChI=1S/C11H13N5O4S/c1-15(7-8-5-13-14-6-8)21(19,20)9-2-3-11(16(17)18)10(12)4-9/h2-6H,7,12H2,1H3,(H,13,14). The van der Waals surface area contributed by atoms with E-state index < -0.39 is 14.9 Å². The summed E-state index contributed by atoms with van der Waals surface area (Å²) in [6.45, 7) is 0.121. The second kappa shape index (κ2) is 5.50. The van der Waals surface area contributed by atoms with Crippen molar-refractivity contribution >= 4 is 21.4 Å². The number of nitrogens with two attached hydrogens (primary N) is 1. The van der Waals surface area contributed by atoms with E-state index in [0.29, 0.717) is 5.56 Å². The van der Waals surface area contributed by atoms with Crippen molar-refractivity contribution in [2.45, 2.75) is 11.4 Å². The van der Waals surface area contributed by atoms with Gasteiger partial charge in [0.25, 0.3) is 5.69 Å². The third-order valence-electron chi connectivity index (χ3n) is 2.86. The molecule has 0 aliphatic carbocycles. The van der Waals surface area contributed by atoms with E-state index in [-0.39, 0.29) is 22.8 Å². The van der Waals surface area contributed by atoms with Crippen LogP contribution in [0.1, 0.15) is 5.56 Å². The summed E-state index contributed by atoms with van der Waals surface area (Å²) in [4.78, 5) is 9.92. The van der Waals surface area contributed by atoms with Crippen LogP contribution in [0.3, 0.4) is 0 Å². The van der Waals surface area contributed by atoms with Gasteiger partial charge in [-0.25, -0.2) is 8.42 Å². The molecule has 0 saturated heterocycles. The minimum Gasteiger partial charge on any atom is -0.393 e. The molecule has 0 aliphatic rings. The summed E-state index contributed by atoms with van der Waals surface area (Å²) in [5.41, 5.74) is 5.68. The van der Waals surface area contributed by atoms with Gasteiger partial charge >= 0.3 is 0 Å². The van der Waals surface area contributed by atoms with Crippen molar-refractivity contribution in [3.63, 3.8) is 0 Å². The molecule has 0 unspecified atom stereocenters. The zero-order chi connectivity index (χ0) is 15.6. The third-order valence-corrected chi connectivity index (χ3v) is 4.66. The summed E-state index contributed by atoms with van der Waals surface area (Å²) in [7, 11) is -2.39. The molecule has 0 saturated carbocycles. The fourth-order valence-electron chi connectivity index (χ4n) is 1.75. The van der Waals surface area contributed by atoms with Crippen LogP contribution < -0.4 is 5.73 Å². The van der Waals surface area contributed by atoms with Crippen LogP contribution in [0.4, 0.5) is 11.4 Å². The van der Waals surface area contributed by atoms with Gasteiger partial charge in [-0.2, -0.15) is 9.40 Å². The van der Waals surface area contributed by atoms with Crippen LogP contribution in [0, 0.1) is 10.1 Å². The number of anilines is 1. The Morgan fingerprint density at radius 1 is 1.48 bits per heavy atom. The minimum atomic E-state index is -3.79. The third kappa shape index (κ3) is 3.01. The average molecular weight is 311 g/mol. The van der Waals surface area contributed by atoms with E-state index in [9.17, 15) is 18.5 Å². The number of nitro groups is 1. The first kappa shape index (κ1) is 14.9. The molecule has 2 rings (SSSR count). The van der Waals surface area contributed by atoms with Crippen molar-refractivity contribution in [3.8, 4) is 0 Å². The zero-order valence-electron chi connectivity index (χ0n) is 11.1. The van der Waals surface area contributed by atoms with Gasteiger partial charge < -0.3 is 5.73 Å². The van der Waals surface area contributed by atoms with Crippen LogP contribution in [0.5, 0.6) is 0 Å². The van der Waals surface area contributed by atoms with Gasteiger partial charge in [0.15, 0.2) is 0 Å². The van der Waals surface area contributed by atoms with Crippen LogP contribution in [0.15, 0.2) is 35.5 Å². The van der Waals surface area contributed by atoms with E-state index in [1.54, 1.807) is 6.20 Å². The summed E-state index contributed by atoms with van der Waals surface area (Å²) >= 11 is 0. The summed E-state index contributed by atoms with van der Waals surface area (Å²) in [6, 6.07) is 3.32. The van der Waals surface area contributed by atoms with Crippen molar-refractivity contribution in [1.29, 1.82) is 0 Å². The predicted molar refractivity (Wildman–Crippen MR) is 74.7 cm³/mol. The highest BCUT2D eigenvalue weighted by Gasteiger charge is 2.23. The van der Waals surface area contributed by atoms with E-state index in [4.69, 9.17) is 5.73 Å². The molecule has 0 aliphatic heterocycles. The maximum absolute atomic E-state index is 12.4. The lowest BCUT2D eigenvalue weighted by Gasteiger charge is -2.16. The number of benzene rings is 1. The Labute approximate surface area is 120 Å². The monoisotopic (exact) mass is 311 g/mol. The summed E-state index contributed by atoms with van der Waals surface area (Å²) in [5, 5.41) is 17.0. The first-order chi connectivity index (χ1) is 9.82. The maximum Gasteiger partial charge on any atom is 0.292 e. The van der Waals surface area contributed by atoms with Crippen LogP contribution in [-0.4, -0.2) is 34.9 Å². The minimum absolute atomic E-state index is 0.100. The molecule has 3 N–H and O–H groups in total. The van der Waals surface area contributed by atoms with Gasteiger partial charge in [-0.3, -0.25) is 15.2 Å². The molecule has 1 heterocycles. The predicted octanol–water partition coefficient (Wildman–Crippen LogP) is 0.721. The van der Waals surface area contributed by atoms with Crippen LogP contribution >= 0.6 is 0 Å². The van der Waals surface area contributed by atoms with Gasteiger partial charge in [-0.15, -0.1) is 0 Å². The Balaban J connectivity index is 2.31. The quantitative estimate of drug-likeness (QED) is 0.474. The number of nitrogens with one attached hydrogen (secondary N) is 1. The van der Waals surface area contributed by atoms with Gasteiger partial charge in [-0.1, -0.05) is 0 Å². The van der Waals surface area contributed by atoms with E-state index in [1.807, 2.05) is 0 Å². The van der Waals surface area contributed by atoms with Crippen molar-refractivity contribution in [2.75, 3.05) is 12.8 Å². The van der Waals surface area contributed by atoms with Crippen LogP contribution in [-0.2, 0) is 16.6 Å². The number of H-pyrrole nitrogens is 1. The highest BCUT2D eigenvalue weighted by atomic mass is 32.2. The smallest absolute Gasteiger partial charge is 0.292 e.